The normalized spacial score (nSPS) is 10.8. The molecule has 1 heterocycles. The number of rotatable bonds is 4. The van der Waals surface area contributed by atoms with Crippen molar-refractivity contribution >= 4 is 28.9 Å². The first-order chi connectivity index (χ1) is 12.2. The maximum Gasteiger partial charge on any atom is 0.271 e. The van der Waals surface area contributed by atoms with Crippen LogP contribution in [0.5, 0.6) is 0 Å². The molecule has 2 N–H and O–H groups in total. The largest absolute Gasteiger partial charge is 0.355 e. The van der Waals surface area contributed by atoms with E-state index in [-0.39, 0.29) is 11.8 Å². The summed E-state index contributed by atoms with van der Waals surface area (Å²) in [5.74, 6) is -0.562. The van der Waals surface area contributed by atoms with Gasteiger partial charge in [0.2, 0.25) is 0 Å². The molecule has 124 valence electrons. The van der Waals surface area contributed by atoms with Gasteiger partial charge in [-0.3, -0.25) is 9.59 Å². The Kier molecular flexibility index (Phi) is 4.80. The number of carbonyl (C=O) groups excluding carboxylic acids is 2. The Bertz CT molecular complexity index is 949. The molecule has 25 heavy (non-hydrogen) atoms. The number of nitrogens with one attached hydrogen (secondary N) is 2. The first-order valence-corrected chi connectivity index (χ1v) is 7.69. The Morgan fingerprint density at radius 3 is 2.32 bits per heavy atom. The summed E-state index contributed by atoms with van der Waals surface area (Å²) in [7, 11) is 1.55. The molecule has 0 aliphatic heterocycles. The molecule has 0 aliphatic carbocycles. The summed E-state index contributed by atoms with van der Waals surface area (Å²) in [6.45, 7) is 0. The number of pyridine rings is 1. The molecule has 3 rings (SSSR count). The van der Waals surface area contributed by atoms with Crippen molar-refractivity contribution < 1.29 is 9.59 Å². The fourth-order valence-corrected chi connectivity index (χ4v) is 2.29. The van der Waals surface area contributed by atoms with E-state index in [1.807, 2.05) is 36.4 Å². The first-order valence-electron chi connectivity index (χ1n) is 7.69. The second-order valence-electron chi connectivity index (χ2n) is 5.28. The molecule has 2 aromatic carbocycles. The van der Waals surface area contributed by atoms with Crippen LogP contribution < -0.4 is 10.7 Å². The molecule has 6 nitrogen and oxygen atoms in total. The van der Waals surface area contributed by atoms with Crippen LogP contribution in [-0.2, 0) is 0 Å². The van der Waals surface area contributed by atoms with Crippen LogP contribution in [-0.4, -0.2) is 30.1 Å². The van der Waals surface area contributed by atoms with Gasteiger partial charge in [0, 0.05) is 23.6 Å². The lowest BCUT2D eigenvalue weighted by molar-refractivity contribution is 0.0946. The van der Waals surface area contributed by atoms with Crippen LogP contribution in [0.3, 0.4) is 0 Å². The Morgan fingerprint density at radius 1 is 0.920 bits per heavy atom. The van der Waals surface area contributed by atoms with Gasteiger partial charge < -0.3 is 5.32 Å². The average molecular weight is 332 g/mol. The Labute approximate surface area is 144 Å². The van der Waals surface area contributed by atoms with Gasteiger partial charge in [0.1, 0.15) is 0 Å². The molecule has 0 saturated carbocycles. The molecule has 0 spiro atoms. The Morgan fingerprint density at radius 2 is 1.60 bits per heavy atom. The molecule has 0 saturated heterocycles. The van der Waals surface area contributed by atoms with Crippen LogP contribution >= 0.6 is 0 Å². The van der Waals surface area contributed by atoms with E-state index in [9.17, 15) is 9.59 Å². The molecule has 0 unspecified atom stereocenters. The molecule has 0 radical (unpaired) electrons. The van der Waals surface area contributed by atoms with Crippen LogP contribution in [0.2, 0.25) is 0 Å². The van der Waals surface area contributed by atoms with Gasteiger partial charge in [-0.2, -0.15) is 5.10 Å². The number of nitrogens with zero attached hydrogens (tertiary/aromatic N) is 2. The van der Waals surface area contributed by atoms with Crippen LogP contribution in [0.1, 0.15) is 26.4 Å². The van der Waals surface area contributed by atoms with E-state index in [1.165, 1.54) is 6.21 Å². The van der Waals surface area contributed by atoms with Crippen molar-refractivity contribution in [3.8, 4) is 0 Å². The van der Waals surface area contributed by atoms with Gasteiger partial charge in [0.15, 0.2) is 0 Å². The number of hydrazone groups is 1. The van der Waals surface area contributed by atoms with Gasteiger partial charge in [-0.25, -0.2) is 10.4 Å². The third-order valence-corrected chi connectivity index (χ3v) is 3.62. The number of aromatic nitrogens is 1. The second-order valence-corrected chi connectivity index (χ2v) is 5.28. The van der Waals surface area contributed by atoms with Crippen molar-refractivity contribution in [3.63, 3.8) is 0 Å². The number of para-hydroxylation sites is 1. The Hall–Kier alpha value is -3.54. The SMILES string of the molecule is CNC(=O)c1ccc(C(=O)N/N=C/c2ccc3ccccc3n2)cc1. The summed E-state index contributed by atoms with van der Waals surface area (Å²) >= 11 is 0. The number of hydrogen-bond donors (Lipinski definition) is 2. The smallest absolute Gasteiger partial charge is 0.271 e. The average Bonchev–Trinajstić information content (AvgIpc) is 2.67. The van der Waals surface area contributed by atoms with E-state index in [4.69, 9.17) is 0 Å². The van der Waals surface area contributed by atoms with Gasteiger partial charge >= 0.3 is 0 Å². The second kappa shape index (κ2) is 7.35. The van der Waals surface area contributed by atoms with Gasteiger partial charge in [0.05, 0.1) is 17.4 Å². The van der Waals surface area contributed by atoms with Gasteiger partial charge in [-0.05, 0) is 36.4 Å². The lowest BCUT2D eigenvalue weighted by Gasteiger charge is -2.02. The predicted molar refractivity (Wildman–Crippen MR) is 96.6 cm³/mol. The molecule has 6 heteroatoms. The Balaban J connectivity index is 1.66. The number of amides is 2. The molecular weight excluding hydrogens is 316 g/mol. The highest BCUT2D eigenvalue weighted by molar-refractivity contribution is 5.98. The van der Waals surface area contributed by atoms with Gasteiger partial charge in [-0.15, -0.1) is 0 Å². The molecule has 3 aromatic rings. The van der Waals surface area contributed by atoms with Crippen molar-refractivity contribution in [2.24, 2.45) is 5.10 Å². The molecule has 0 bridgehead atoms. The zero-order valence-corrected chi connectivity index (χ0v) is 13.6. The van der Waals surface area contributed by atoms with E-state index in [0.29, 0.717) is 16.8 Å². The van der Waals surface area contributed by atoms with Crippen LogP contribution in [0.15, 0.2) is 65.8 Å². The molecule has 2 amide bonds. The van der Waals surface area contributed by atoms with E-state index < -0.39 is 0 Å². The quantitative estimate of drug-likeness (QED) is 0.568. The van der Waals surface area contributed by atoms with Crippen molar-refractivity contribution in [2.45, 2.75) is 0 Å². The van der Waals surface area contributed by atoms with E-state index in [0.717, 1.165) is 10.9 Å². The van der Waals surface area contributed by atoms with Crippen LogP contribution in [0.25, 0.3) is 10.9 Å². The number of carbonyl (C=O) groups is 2. The number of hydrogen-bond acceptors (Lipinski definition) is 4. The fraction of sp³-hybridized carbons (Fsp3) is 0.0526. The van der Waals surface area contributed by atoms with Crippen molar-refractivity contribution in [1.82, 2.24) is 15.7 Å². The summed E-state index contributed by atoms with van der Waals surface area (Å²) in [6, 6.07) is 17.9. The zero-order valence-electron chi connectivity index (χ0n) is 13.6. The molecule has 0 atom stereocenters. The number of fused-ring (bicyclic) bond motifs is 1. The van der Waals surface area contributed by atoms with Crippen molar-refractivity contribution in [1.29, 1.82) is 0 Å². The van der Waals surface area contributed by atoms with E-state index in [1.54, 1.807) is 31.3 Å². The summed E-state index contributed by atoms with van der Waals surface area (Å²) in [5.41, 5.74) is 4.86. The highest BCUT2D eigenvalue weighted by Gasteiger charge is 2.07. The summed E-state index contributed by atoms with van der Waals surface area (Å²) in [6.07, 6.45) is 1.49. The molecule has 0 fully saturated rings. The van der Waals surface area contributed by atoms with Crippen molar-refractivity contribution in [2.75, 3.05) is 7.05 Å². The maximum atomic E-state index is 12.1. The molecule has 1 aromatic heterocycles. The van der Waals surface area contributed by atoms with Crippen molar-refractivity contribution in [3.05, 3.63) is 77.5 Å². The molecule has 0 aliphatic rings. The van der Waals surface area contributed by atoms with E-state index >= 15 is 0 Å². The van der Waals surface area contributed by atoms with E-state index in [2.05, 4.69) is 20.8 Å². The van der Waals surface area contributed by atoms with Crippen LogP contribution in [0, 0.1) is 0 Å². The fourth-order valence-electron chi connectivity index (χ4n) is 2.29. The minimum atomic E-state index is -0.361. The summed E-state index contributed by atoms with van der Waals surface area (Å²) < 4.78 is 0. The maximum absolute atomic E-state index is 12.1. The standard InChI is InChI=1S/C19H16N4O2/c1-20-18(24)14-6-8-15(9-7-14)19(25)23-21-12-16-11-10-13-4-2-3-5-17(13)22-16/h2-12H,1H3,(H,20,24)(H,23,25)/b21-12+. The highest BCUT2D eigenvalue weighted by Crippen LogP contribution is 2.10. The third-order valence-electron chi connectivity index (χ3n) is 3.62. The van der Waals surface area contributed by atoms with Crippen LogP contribution in [0.4, 0.5) is 0 Å². The monoisotopic (exact) mass is 332 g/mol. The van der Waals surface area contributed by atoms with Gasteiger partial charge in [-0.1, -0.05) is 24.3 Å². The highest BCUT2D eigenvalue weighted by atomic mass is 16.2. The lowest BCUT2D eigenvalue weighted by atomic mass is 10.1. The predicted octanol–water partition coefficient (Wildman–Crippen LogP) is 2.36. The van der Waals surface area contributed by atoms with Gasteiger partial charge in [0.25, 0.3) is 11.8 Å². The lowest BCUT2D eigenvalue weighted by Crippen LogP contribution is -2.19. The minimum absolute atomic E-state index is 0.202. The first kappa shape index (κ1) is 16.3. The minimum Gasteiger partial charge on any atom is -0.355 e. The number of benzene rings is 2. The topological polar surface area (TPSA) is 83.5 Å². The summed E-state index contributed by atoms with van der Waals surface area (Å²) in [4.78, 5) is 28.0. The summed E-state index contributed by atoms with van der Waals surface area (Å²) in [5, 5.41) is 7.50. The zero-order chi connectivity index (χ0) is 17.6. The molecular formula is C19H16N4O2. The third kappa shape index (κ3) is 3.87.